The van der Waals surface area contributed by atoms with Gasteiger partial charge >= 0.3 is 0 Å². The molecule has 0 bridgehead atoms. The molecule has 0 heteroatoms. The van der Waals surface area contributed by atoms with Crippen LogP contribution in [0.3, 0.4) is 0 Å². The zero-order valence-electron chi connectivity index (χ0n) is 15.4. The summed E-state index contributed by atoms with van der Waals surface area (Å²) in [6.45, 7) is 8.72. The van der Waals surface area contributed by atoms with Gasteiger partial charge in [-0.3, -0.25) is 0 Å². The highest BCUT2D eigenvalue weighted by molar-refractivity contribution is 6.20. The Morgan fingerprint density at radius 1 is 0.885 bits per heavy atom. The first-order chi connectivity index (χ1) is 12.7. The van der Waals surface area contributed by atoms with Gasteiger partial charge in [0.2, 0.25) is 0 Å². The van der Waals surface area contributed by atoms with Crippen LogP contribution in [-0.4, -0.2) is 0 Å². The molecule has 4 aromatic rings. The molecule has 4 aromatic carbocycles. The van der Waals surface area contributed by atoms with Gasteiger partial charge in [-0.15, -0.1) is 0 Å². The summed E-state index contributed by atoms with van der Waals surface area (Å²) in [4.78, 5) is 0. The Balaban J connectivity index is 2.21. The molecule has 0 N–H and O–H groups in total. The molecule has 0 nitrogen and oxygen atoms in total. The summed E-state index contributed by atoms with van der Waals surface area (Å²) in [5.41, 5.74) is 7.05. The Morgan fingerprint density at radius 3 is 2.23 bits per heavy atom. The standard InChI is InChI=1S/C26H22/c1-4-17-19-10-6-8-12-21(19)23-14-16(3)15-24-22-13-9-7-11-20(22)18(5-2)25(17)26(23)24/h4,6-13,15H,1,5,14H2,2-3H3. The highest BCUT2D eigenvalue weighted by Crippen LogP contribution is 2.45. The van der Waals surface area contributed by atoms with Gasteiger partial charge in [0.05, 0.1) is 0 Å². The second-order valence-corrected chi connectivity index (χ2v) is 7.35. The molecular formula is C26H22. The van der Waals surface area contributed by atoms with Crippen LogP contribution in [0, 0.1) is 0 Å². The molecule has 0 spiro atoms. The maximum Gasteiger partial charge on any atom is -0.00540 e. The molecule has 0 amide bonds. The molecule has 1 aliphatic rings. The molecule has 26 heavy (non-hydrogen) atoms. The van der Waals surface area contributed by atoms with Crippen molar-refractivity contribution in [1.82, 2.24) is 0 Å². The lowest BCUT2D eigenvalue weighted by Crippen LogP contribution is -2.04. The van der Waals surface area contributed by atoms with Crippen molar-refractivity contribution in [2.75, 3.05) is 0 Å². The minimum absolute atomic E-state index is 1.03. The van der Waals surface area contributed by atoms with E-state index in [0.29, 0.717) is 0 Å². The maximum absolute atomic E-state index is 4.19. The fraction of sp³-hybridized carbons (Fsp3) is 0.154. The largest absolute Gasteiger partial charge is 0.0984 e. The van der Waals surface area contributed by atoms with Crippen molar-refractivity contribution < 1.29 is 0 Å². The van der Waals surface area contributed by atoms with E-state index in [4.69, 9.17) is 0 Å². The summed E-state index contributed by atoms with van der Waals surface area (Å²) < 4.78 is 0. The zero-order chi connectivity index (χ0) is 17.8. The first-order valence-electron chi connectivity index (χ1n) is 9.45. The van der Waals surface area contributed by atoms with Crippen molar-refractivity contribution in [2.24, 2.45) is 0 Å². The van der Waals surface area contributed by atoms with Gasteiger partial charge in [-0.25, -0.2) is 0 Å². The van der Waals surface area contributed by atoms with Crippen LogP contribution >= 0.6 is 0 Å². The quantitative estimate of drug-likeness (QED) is 0.337. The van der Waals surface area contributed by atoms with E-state index in [1.165, 1.54) is 60.1 Å². The predicted octanol–water partition coefficient (Wildman–Crippen LogP) is 7.31. The van der Waals surface area contributed by atoms with Crippen LogP contribution in [0.5, 0.6) is 0 Å². The van der Waals surface area contributed by atoms with Gasteiger partial charge in [-0.1, -0.05) is 79.8 Å². The Labute approximate surface area is 154 Å². The maximum atomic E-state index is 4.19. The average molecular weight is 334 g/mol. The smallest absolute Gasteiger partial charge is 0.00540 e. The number of rotatable bonds is 2. The molecule has 0 saturated carbocycles. The van der Waals surface area contributed by atoms with Gasteiger partial charge in [0.1, 0.15) is 0 Å². The molecule has 5 rings (SSSR count). The number of aryl methyl sites for hydroxylation is 1. The van der Waals surface area contributed by atoms with E-state index in [9.17, 15) is 0 Å². The monoisotopic (exact) mass is 334 g/mol. The molecule has 0 aromatic heterocycles. The molecule has 0 saturated heterocycles. The lowest BCUT2D eigenvalue weighted by molar-refractivity contribution is 1.16. The van der Waals surface area contributed by atoms with Crippen molar-refractivity contribution >= 4 is 44.5 Å². The molecule has 0 radical (unpaired) electrons. The van der Waals surface area contributed by atoms with Crippen LogP contribution < -0.4 is 0 Å². The molecule has 0 heterocycles. The summed E-state index contributed by atoms with van der Waals surface area (Å²) in [6, 6.07) is 17.7. The summed E-state index contributed by atoms with van der Waals surface area (Å²) in [7, 11) is 0. The molecule has 0 aliphatic heterocycles. The van der Waals surface area contributed by atoms with Crippen LogP contribution in [0.2, 0.25) is 0 Å². The third kappa shape index (κ3) is 1.90. The molecule has 1 aliphatic carbocycles. The van der Waals surface area contributed by atoms with Gasteiger partial charge in [0, 0.05) is 0 Å². The van der Waals surface area contributed by atoms with Gasteiger partial charge in [-0.05, 0) is 74.3 Å². The highest BCUT2D eigenvalue weighted by atomic mass is 14.3. The first-order valence-corrected chi connectivity index (χ1v) is 9.45. The Kier molecular flexibility index (Phi) is 3.30. The third-order valence-corrected chi connectivity index (χ3v) is 5.88. The van der Waals surface area contributed by atoms with Crippen molar-refractivity contribution in [3.63, 3.8) is 0 Å². The van der Waals surface area contributed by atoms with Crippen LogP contribution in [0.15, 0.2) is 60.7 Å². The van der Waals surface area contributed by atoms with E-state index < -0.39 is 0 Å². The van der Waals surface area contributed by atoms with E-state index in [-0.39, 0.29) is 0 Å². The molecule has 126 valence electrons. The summed E-state index contributed by atoms with van der Waals surface area (Å²) in [5, 5.41) is 8.32. The fourth-order valence-corrected chi connectivity index (χ4v) is 4.89. The second kappa shape index (κ2) is 5.57. The van der Waals surface area contributed by atoms with E-state index in [1.807, 2.05) is 0 Å². The average Bonchev–Trinajstić information content (AvgIpc) is 2.68. The van der Waals surface area contributed by atoms with Gasteiger partial charge in [0.25, 0.3) is 0 Å². The van der Waals surface area contributed by atoms with Crippen molar-refractivity contribution in [1.29, 1.82) is 0 Å². The number of allylic oxidation sites excluding steroid dienone is 1. The van der Waals surface area contributed by atoms with Crippen LogP contribution in [0.4, 0.5) is 0 Å². The molecular weight excluding hydrogens is 312 g/mol. The Hall–Kier alpha value is -2.86. The lowest BCUT2D eigenvalue weighted by Gasteiger charge is -2.25. The minimum Gasteiger partial charge on any atom is -0.0984 e. The van der Waals surface area contributed by atoms with Crippen molar-refractivity contribution in [3.8, 4) is 0 Å². The summed E-state index contributed by atoms with van der Waals surface area (Å²) in [5.74, 6) is 0. The normalized spacial score (nSPS) is 13.4. The molecule has 0 atom stereocenters. The van der Waals surface area contributed by atoms with E-state index >= 15 is 0 Å². The molecule has 0 unspecified atom stereocenters. The third-order valence-electron chi connectivity index (χ3n) is 5.88. The fourth-order valence-electron chi connectivity index (χ4n) is 4.89. The lowest BCUT2D eigenvalue weighted by atomic mass is 9.79. The van der Waals surface area contributed by atoms with Crippen molar-refractivity contribution in [2.45, 2.75) is 26.7 Å². The van der Waals surface area contributed by atoms with E-state index in [1.54, 1.807) is 0 Å². The van der Waals surface area contributed by atoms with Crippen molar-refractivity contribution in [3.05, 3.63) is 82.9 Å². The van der Waals surface area contributed by atoms with Gasteiger partial charge in [-0.2, -0.15) is 0 Å². The number of hydrogen-bond acceptors (Lipinski definition) is 0. The number of hydrogen-bond donors (Lipinski definition) is 0. The predicted molar refractivity (Wildman–Crippen MR) is 116 cm³/mol. The second-order valence-electron chi connectivity index (χ2n) is 7.35. The Bertz CT molecular complexity index is 1250. The molecule has 0 fully saturated rings. The highest BCUT2D eigenvalue weighted by Gasteiger charge is 2.22. The number of fused-ring (bicyclic) bond motifs is 4. The minimum atomic E-state index is 1.03. The van der Waals surface area contributed by atoms with Crippen LogP contribution in [0.1, 0.15) is 36.1 Å². The Morgan fingerprint density at radius 2 is 1.54 bits per heavy atom. The number of benzene rings is 4. The summed E-state index contributed by atoms with van der Waals surface area (Å²) in [6.07, 6.45) is 6.52. The van der Waals surface area contributed by atoms with E-state index in [0.717, 1.165) is 12.8 Å². The first kappa shape index (κ1) is 15.4. The van der Waals surface area contributed by atoms with Gasteiger partial charge in [0.15, 0.2) is 0 Å². The van der Waals surface area contributed by atoms with Gasteiger partial charge < -0.3 is 0 Å². The van der Waals surface area contributed by atoms with Crippen LogP contribution in [-0.2, 0) is 12.8 Å². The topological polar surface area (TPSA) is 0 Å². The zero-order valence-corrected chi connectivity index (χ0v) is 15.4. The van der Waals surface area contributed by atoms with E-state index in [2.05, 4.69) is 81.1 Å². The van der Waals surface area contributed by atoms with Crippen LogP contribution in [0.25, 0.3) is 44.5 Å². The summed E-state index contributed by atoms with van der Waals surface area (Å²) >= 11 is 0. The SMILES string of the molecule is C=Cc1c2ccccc2c2c3c(c4ccccc4c(CC)c13)C=C(C)C2.